The minimum atomic E-state index is -0.857. The van der Waals surface area contributed by atoms with E-state index >= 15 is 0 Å². The van der Waals surface area contributed by atoms with Gasteiger partial charge in [0.1, 0.15) is 0 Å². The molecule has 0 saturated carbocycles. The summed E-state index contributed by atoms with van der Waals surface area (Å²) in [5.41, 5.74) is 1.92. The quantitative estimate of drug-likeness (QED) is 0.911. The Morgan fingerprint density at radius 2 is 1.83 bits per heavy atom. The highest BCUT2D eigenvalue weighted by molar-refractivity contribution is 6.00. The molecule has 3 rings (SSSR count). The molecule has 2 heterocycles. The van der Waals surface area contributed by atoms with Crippen molar-refractivity contribution in [2.75, 3.05) is 24.5 Å². The van der Waals surface area contributed by atoms with Crippen LogP contribution in [0.15, 0.2) is 24.3 Å². The van der Waals surface area contributed by atoms with Gasteiger partial charge in [0.15, 0.2) is 0 Å². The van der Waals surface area contributed by atoms with Gasteiger partial charge in [0.25, 0.3) is 0 Å². The summed E-state index contributed by atoms with van der Waals surface area (Å²) >= 11 is 0. The molecular formula is C17H20N2O4. The lowest BCUT2D eigenvalue weighted by Gasteiger charge is -2.21. The van der Waals surface area contributed by atoms with Crippen LogP contribution in [0.2, 0.25) is 0 Å². The lowest BCUT2D eigenvalue weighted by Crippen LogP contribution is -2.36. The van der Waals surface area contributed by atoms with Crippen LogP contribution in [0.4, 0.5) is 5.69 Å². The molecule has 1 aromatic carbocycles. The highest BCUT2D eigenvalue weighted by Gasteiger charge is 2.40. The minimum Gasteiger partial charge on any atom is -0.481 e. The molecule has 2 fully saturated rings. The van der Waals surface area contributed by atoms with Crippen LogP contribution in [-0.4, -0.2) is 47.4 Å². The van der Waals surface area contributed by atoms with Crippen molar-refractivity contribution in [2.45, 2.75) is 19.8 Å². The van der Waals surface area contributed by atoms with E-state index in [1.165, 1.54) is 0 Å². The minimum absolute atomic E-state index is 0.0545. The fraction of sp³-hybridized carbons (Fsp3) is 0.471. The van der Waals surface area contributed by atoms with Gasteiger partial charge in [-0.1, -0.05) is 17.7 Å². The van der Waals surface area contributed by atoms with Gasteiger partial charge in [-0.3, -0.25) is 14.4 Å². The molecular weight excluding hydrogens is 296 g/mol. The smallest absolute Gasteiger partial charge is 0.308 e. The number of rotatable bonds is 3. The molecule has 0 aliphatic carbocycles. The molecule has 2 atom stereocenters. The molecule has 0 radical (unpaired) electrons. The van der Waals surface area contributed by atoms with Gasteiger partial charge >= 0.3 is 5.97 Å². The van der Waals surface area contributed by atoms with Crippen LogP contribution in [0.25, 0.3) is 0 Å². The monoisotopic (exact) mass is 316 g/mol. The summed E-state index contributed by atoms with van der Waals surface area (Å²) in [5.74, 6) is -1.87. The molecule has 1 N–H and O–H groups in total. The second-order valence-corrected chi connectivity index (χ2v) is 6.35. The maximum Gasteiger partial charge on any atom is 0.308 e. The van der Waals surface area contributed by atoms with Crippen molar-refractivity contribution < 1.29 is 19.5 Å². The Hall–Kier alpha value is -2.37. The van der Waals surface area contributed by atoms with E-state index < -0.39 is 11.9 Å². The third kappa shape index (κ3) is 3.06. The SMILES string of the molecule is Cc1ccc(N2C[C@@H](C(=O)N3CC[C@@H](C(=O)O)C3)CC2=O)cc1. The molecule has 0 spiro atoms. The zero-order valence-corrected chi connectivity index (χ0v) is 13.1. The van der Waals surface area contributed by atoms with Gasteiger partial charge in [0, 0.05) is 31.7 Å². The lowest BCUT2D eigenvalue weighted by atomic mass is 10.1. The number of anilines is 1. The number of carboxylic acid groups (broad SMARTS) is 1. The van der Waals surface area contributed by atoms with E-state index in [-0.39, 0.29) is 30.7 Å². The van der Waals surface area contributed by atoms with Gasteiger partial charge in [-0.15, -0.1) is 0 Å². The van der Waals surface area contributed by atoms with Gasteiger partial charge in [-0.2, -0.15) is 0 Å². The van der Waals surface area contributed by atoms with Crippen molar-refractivity contribution in [2.24, 2.45) is 11.8 Å². The Bertz CT molecular complexity index is 640. The first-order valence-corrected chi connectivity index (χ1v) is 7.84. The average Bonchev–Trinajstić information content (AvgIpc) is 3.14. The topological polar surface area (TPSA) is 77.9 Å². The van der Waals surface area contributed by atoms with E-state index in [1.54, 1.807) is 9.80 Å². The fourth-order valence-corrected chi connectivity index (χ4v) is 3.27. The Morgan fingerprint density at radius 1 is 1.13 bits per heavy atom. The summed E-state index contributed by atoms with van der Waals surface area (Å²) in [4.78, 5) is 39.0. The molecule has 2 aliphatic rings. The summed E-state index contributed by atoms with van der Waals surface area (Å²) in [7, 11) is 0. The van der Waals surface area contributed by atoms with Crippen LogP contribution >= 0.6 is 0 Å². The van der Waals surface area contributed by atoms with Crippen molar-refractivity contribution in [3.8, 4) is 0 Å². The summed E-state index contributed by atoms with van der Waals surface area (Å²) in [6, 6.07) is 7.65. The van der Waals surface area contributed by atoms with Crippen LogP contribution in [0.3, 0.4) is 0 Å². The number of hydrogen-bond donors (Lipinski definition) is 1. The van der Waals surface area contributed by atoms with Crippen molar-refractivity contribution in [3.05, 3.63) is 29.8 Å². The van der Waals surface area contributed by atoms with Crippen LogP contribution < -0.4 is 4.90 Å². The van der Waals surface area contributed by atoms with Crippen LogP contribution in [0.5, 0.6) is 0 Å². The Kier molecular flexibility index (Phi) is 4.07. The predicted molar refractivity (Wildman–Crippen MR) is 84.0 cm³/mol. The van der Waals surface area contributed by atoms with E-state index in [0.717, 1.165) is 11.3 Å². The Morgan fingerprint density at radius 3 is 2.43 bits per heavy atom. The van der Waals surface area contributed by atoms with Crippen molar-refractivity contribution in [3.63, 3.8) is 0 Å². The molecule has 0 aromatic heterocycles. The second-order valence-electron chi connectivity index (χ2n) is 6.35. The van der Waals surface area contributed by atoms with Crippen molar-refractivity contribution >= 4 is 23.5 Å². The highest BCUT2D eigenvalue weighted by Crippen LogP contribution is 2.28. The first-order chi connectivity index (χ1) is 11.0. The molecule has 23 heavy (non-hydrogen) atoms. The number of aliphatic carboxylic acids is 1. The fourth-order valence-electron chi connectivity index (χ4n) is 3.27. The molecule has 2 aliphatic heterocycles. The number of aryl methyl sites for hydroxylation is 1. The first kappa shape index (κ1) is 15.5. The Labute approximate surface area is 134 Å². The maximum absolute atomic E-state index is 12.5. The number of hydrogen-bond acceptors (Lipinski definition) is 3. The standard InChI is InChI=1S/C17H20N2O4/c1-11-2-4-14(5-3-11)19-10-13(8-15(19)20)16(21)18-7-6-12(9-18)17(22)23/h2-5,12-13H,6-10H2,1H3,(H,22,23)/t12-,13+/m1/s1. The molecule has 1 aromatic rings. The van der Waals surface area contributed by atoms with E-state index in [4.69, 9.17) is 5.11 Å². The number of amides is 2. The highest BCUT2D eigenvalue weighted by atomic mass is 16.4. The Balaban J connectivity index is 1.66. The van der Waals surface area contributed by atoms with Crippen LogP contribution in [0, 0.1) is 18.8 Å². The van der Waals surface area contributed by atoms with E-state index in [9.17, 15) is 14.4 Å². The predicted octanol–water partition coefficient (Wildman–Crippen LogP) is 1.28. The second kappa shape index (κ2) is 6.02. The zero-order valence-electron chi connectivity index (χ0n) is 13.1. The zero-order chi connectivity index (χ0) is 16.6. The molecule has 122 valence electrons. The third-order valence-electron chi connectivity index (χ3n) is 4.67. The van der Waals surface area contributed by atoms with Crippen LogP contribution in [-0.2, 0) is 14.4 Å². The molecule has 6 heteroatoms. The average molecular weight is 316 g/mol. The summed E-state index contributed by atoms with van der Waals surface area (Å²) in [6.45, 7) is 3.07. The third-order valence-corrected chi connectivity index (χ3v) is 4.67. The number of likely N-dealkylation sites (tertiary alicyclic amines) is 1. The summed E-state index contributed by atoms with van der Waals surface area (Å²) in [6.07, 6.45) is 0.685. The van der Waals surface area contributed by atoms with Crippen LogP contribution in [0.1, 0.15) is 18.4 Å². The molecule has 0 unspecified atom stereocenters. The van der Waals surface area contributed by atoms with Gasteiger partial charge in [0.2, 0.25) is 11.8 Å². The first-order valence-electron chi connectivity index (χ1n) is 7.84. The number of nitrogens with zero attached hydrogens (tertiary/aromatic N) is 2. The maximum atomic E-state index is 12.5. The summed E-state index contributed by atoms with van der Waals surface area (Å²) in [5, 5.41) is 9.03. The normalized spacial score (nSPS) is 24.3. The molecule has 2 saturated heterocycles. The van der Waals surface area contributed by atoms with Crippen molar-refractivity contribution in [1.29, 1.82) is 0 Å². The molecule has 6 nitrogen and oxygen atoms in total. The van der Waals surface area contributed by atoms with Gasteiger partial charge < -0.3 is 14.9 Å². The van der Waals surface area contributed by atoms with E-state index in [1.807, 2.05) is 31.2 Å². The number of carbonyl (C=O) groups excluding carboxylic acids is 2. The number of benzene rings is 1. The van der Waals surface area contributed by atoms with E-state index in [0.29, 0.717) is 19.5 Å². The summed E-state index contributed by atoms with van der Waals surface area (Å²) < 4.78 is 0. The number of carboxylic acids is 1. The molecule has 2 amide bonds. The van der Waals surface area contributed by atoms with Crippen molar-refractivity contribution in [1.82, 2.24) is 4.90 Å². The molecule has 0 bridgehead atoms. The van der Waals surface area contributed by atoms with Gasteiger partial charge in [0.05, 0.1) is 11.8 Å². The lowest BCUT2D eigenvalue weighted by molar-refractivity contribution is -0.141. The van der Waals surface area contributed by atoms with E-state index in [2.05, 4.69) is 0 Å². The van der Waals surface area contributed by atoms with Gasteiger partial charge in [-0.05, 0) is 25.5 Å². The largest absolute Gasteiger partial charge is 0.481 e. The number of carbonyl (C=O) groups is 3. The van der Waals surface area contributed by atoms with Gasteiger partial charge in [-0.25, -0.2) is 0 Å².